The number of hydrogen-bond donors (Lipinski definition) is 0. The molecule has 13 rings (SSSR count). The first kappa shape index (κ1) is 33.3. The molecule has 0 amide bonds. The van der Waals surface area contributed by atoms with Crippen molar-refractivity contribution >= 4 is 97.7 Å². The Balaban J connectivity index is 1.33. The maximum atomic E-state index is 11.4. The highest BCUT2D eigenvalue weighted by Crippen LogP contribution is 2.47. The highest BCUT2D eigenvalue weighted by atomic mass is 15.1. The predicted molar refractivity (Wildman–Crippen MR) is 251 cm³/mol. The number of nitriles is 2. The van der Waals surface area contributed by atoms with Crippen LogP contribution in [0.5, 0.6) is 0 Å². The molecule has 0 fully saturated rings. The summed E-state index contributed by atoms with van der Waals surface area (Å²) in [5.41, 5.74) is 8.85. The van der Waals surface area contributed by atoms with E-state index in [0.717, 1.165) is 103 Å². The lowest BCUT2D eigenvalue weighted by Gasteiger charge is -2.24. The summed E-state index contributed by atoms with van der Waals surface area (Å²) >= 11 is 0. The number of hydrogen-bond acceptors (Lipinski definition) is 2. The van der Waals surface area contributed by atoms with E-state index >= 15 is 0 Å². The third-order valence-corrected chi connectivity index (χ3v) is 12.8. The molecule has 3 heterocycles. The van der Waals surface area contributed by atoms with Crippen molar-refractivity contribution in [2.75, 3.05) is 0 Å². The number of benzene rings is 10. The Morgan fingerprint density at radius 1 is 0.279 bits per heavy atom. The Hall–Kier alpha value is -8.64. The molecule has 5 nitrogen and oxygen atoms in total. The average Bonchev–Trinajstić information content (AvgIpc) is 3.97. The van der Waals surface area contributed by atoms with Crippen LogP contribution in [0.25, 0.3) is 115 Å². The zero-order valence-corrected chi connectivity index (χ0v) is 32.6. The minimum Gasteiger partial charge on any atom is -0.306 e. The second-order valence-electron chi connectivity index (χ2n) is 15.8. The van der Waals surface area contributed by atoms with Gasteiger partial charge >= 0.3 is 0 Å². The van der Waals surface area contributed by atoms with Crippen LogP contribution >= 0.6 is 0 Å². The van der Waals surface area contributed by atoms with Gasteiger partial charge in [0, 0.05) is 32.3 Å². The Labute approximate surface area is 349 Å². The van der Waals surface area contributed by atoms with E-state index in [4.69, 9.17) is 0 Å². The van der Waals surface area contributed by atoms with Gasteiger partial charge in [0.2, 0.25) is 0 Å². The SMILES string of the molecule is N#Cc1cc(C#N)c(-n2c3ccccc3c3c4ccccc4ccc32)c(-n2c3ccccc3c3c4ccccc4ccc32)c1-n1c2ccccc2c2c3ccccc3ccc21. The molecule has 0 aliphatic heterocycles. The van der Waals surface area contributed by atoms with Crippen LogP contribution in [0.4, 0.5) is 0 Å². The van der Waals surface area contributed by atoms with Crippen molar-refractivity contribution in [1.29, 1.82) is 10.5 Å². The highest BCUT2D eigenvalue weighted by Gasteiger charge is 2.30. The van der Waals surface area contributed by atoms with Gasteiger partial charge in [-0.2, -0.15) is 10.5 Å². The molecule has 0 saturated heterocycles. The van der Waals surface area contributed by atoms with Crippen molar-refractivity contribution in [2.24, 2.45) is 0 Å². The van der Waals surface area contributed by atoms with Crippen molar-refractivity contribution in [1.82, 2.24) is 13.7 Å². The zero-order chi connectivity index (χ0) is 40.3. The van der Waals surface area contributed by atoms with Gasteiger partial charge in [0.1, 0.15) is 12.1 Å². The van der Waals surface area contributed by atoms with Crippen LogP contribution in [0.2, 0.25) is 0 Å². The quantitative estimate of drug-likeness (QED) is 0.179. The molecule has 280 valence electrons. The minimum absolute atomic E-state index is 0.407. The molecular weight excluding hydrogens is 743 g/mol. The summed E-state index contributed by atoms with van der Waals surface area (Å²) in [5, 5.41) is 36.4. The van der Waals surface area contributed by atoms with Gasteiger partial charge in [-0.25, -0.2) is 0 Å². The van der Waals surface area contributed by atoms with Crippen molar-refractivity contribution in [3.8, 4) is 29.2 Å². The van der Waals surface area contributed by atoms with Gasteiger partial charge < -0.3 is 13.7 Å². The monoisotopic (exact) mass is 773 g/mol. The standard InChI is InChI=1S/C56H31N5/c57-32-37-31-38(33-58)55(60-46-23-11-8-20-43(46)52-40-17-5-2-14-35(40)26-29-49(52)60)56(61-47-24-12-9-21-44(47)53-41-18-6-3-15-36(41)27-30-50(53)61)54(37)59-45-22-10-7-19-42(45)51-39-16-4-1-13-34(39)25-28-48(51)59/h1-31H. The molecule has 0 atom stereocenters. The lowest BCUT2D eigenvalue weighted by atomic mass is 10.0. The zero-order valence-electron chi connectivity index (χ0n) is 32.6. The van der Waals surface area contributed by atoms with E-state index in [2.05, 4.69) is 208 Å². The van der Waals surface area contributed by atoms with E-state index in [-0.39, 0.29) is 0 Å². The molecule has 0 aliphatic rings. The van der Waals surface area contributed by atoms with Crippen molar-refractivity contribution in [2.45, 2.75) is 0 Å². The van der Waals surface area contributed by atoms with Gasteiger partial charge in [0.15, 0.2) is 0 Å². The van der Waals surface area contributed by atoms with Crippen LogP contribution in [-0.2, 0) is 0 Å². The fraction of sp³-hybridized carbons (Fsp3) is 0. The molecule has 13 aromatic rings. The normalized spacial score (nSPS) is 11.9. The average molecular weight is 774 g/mol. The molecule has 0 N–H and O–H groups in total. The third kappa shape index (κ3) is 4.41. The Bertz CT molecular complexity index is 3950. The first-order chi connectivity index (χ1) is 30.2. The molecule has 5 heteroatoms. The van der Waals surface area contributed by atoms with E-state index in [0.29, 0.717) is 22.5 Å². The molecule has 10 aromatic carbocycles. The molecule has 0 saturated carbocycles. The maximum Gasteiger partial charge on any atom is 0.101 e. The Morgan fingerprint density at radius 3 is 0.918 bits per heavy atom. The Morgan fingerprint density at radius 2 is 0.574 bits per heavy atom. The first-order valence-electron chi connectivity index (χ1n) is 20.5. The summed E-state index contributed by atoms with van der Waals surface area (Å²) in [6, 6.07) is 71.2. The fourth-order valence-electron chi connectivity index (χ4n) is 10.4. The number of nitrogens with zero attached hydrogens (tertiary/aromatic N) is 5. The van der Waals surface area contributed by atoms with Crippen molar-refractivity contribution < 1.29 is 0 Å². The van der Waals surface area contributed by atoms with E-state index < -0.39 is 0 Å². The summed E-state index contributed by atoms with van der Waals surface area (Å²) in [5.74, 6) is 0. The smallest absolute Gasteiger partial charge is 0.101 e. The largest absolute Gasteiger partial charge is 0.306 e. The van der Waals surface area contributed by atoms with Crippen LogP contribution in [0.1, 0.15) is 11.1 Å². The minimum atomic E-state index is 0.407. The van der Waals surface area contributed by atoms with Gasteiger partial charge in [-0.05, 0) is 74.8 Å². The second kappa shape index (κ2) is 12.4. The summed E-state index contributed by atoms with van der Waals surface area (Å²) in [4.78, 5) is 0. The number of rotatable bonds is 3. The molecule has 0 bridgehead atoms. The second-order valence-corrected chi connectivity index (χ2v) is 15.8. The summed E-state index contributed by atoms with van der Waals surface area (Å²) in [7, 11) is 0. The van der Waals surface area contributed by atoms with Crippen molar-refractivity contribution in [3.63, 3.8) is 0 Å². The molecule has 0 spiro atoms. The molecule has 0 radical (unpaired) electrons. The van der Waals surface area contributed by atoms with Gasteiger partial charge in [-0.3, -0.25) is 0 Å². The van der Waals surface area contributed by atoms with Crippen LogP contribution in [0, 0.1) is 22.7 Å². The molecule has 0 aliphatic carbocycles. The fourth-order valence-corrected chi connectivity index (χ4v) is 10.4. The summed E-state index contributed by atoms with van der Waals surface area (Å²) < 4.78 is 6.88. The summed E-state index contributed by atoms with van der Waals surface area (Å²) in [6.07, 6.45) is 0. The first-order valence-corrected chi connectivity index (χ1v) is 20.5. The molecule has 61 heavy (non-hydrogen) atoms. The third-order valence-electron chi connectivity index (χ3n) is 12.8. The van der Waals surface area contributed by atoms with Crippen LogP contribution in [-0.4, -0.2) is 13.7 Å². The van der Waals surface area contributed by atoms with Gasteiger partial charge in [0.05, 0.1) is 61.3 Å². The molecule has 0 unspecified atom stereocenters. The van der Waals surface area contributed by atoms with Crippen LogP contribution < -0.4 is 0 Å². The van der Waals surface area contributed by atoms with E-state index in [1.54, 1.807) is 6.07 Å². The lowest BCUT2D eigenvalue weighted by molar-refractivity contribution is 1.04. The van der Waals surface area contributed by atoms with E-state index in [1.807, 2.05) is 0 Å². The van der Waals surface area contributed by atoms with Gasteiger partial charge in [-0.1, -0.05) is 146 Å². The van der Waals surface area contributed by atoms with Gasteiger partial charge in [0.25, 0.3) is 0 Å². The summed E-state index contributed by atoms with van der Waals surface area (Å²) in [6.45, 7) is 0. The molecular formula is C56H31N5. The van der Waals surface area contributed by atoms with E-state index in [1.165, 1.54) is 0 Å². The number of para-hydroxylation sites is 3. The predicted octanol–water partition coefficient (Wildman–Crippen LogP) is 14.2. The topological polar surface area (TPSA) is 62.4 Å². The van der Waals surface area contributed by atoms with Crippen LogP contribution in [0.15, 0.2) is 188 Å². The van der Waals surface area contributed by atoms with E-state index in [9.17, 15) is 10.5 Å². The lowest BCUT2D eigenvalue weighted by Crippen LogP contribution is -2.13. The molecule has 3 aromatic heterocycles. The van der Waals surface area contributed by atoms with Gasteiger partial charge in [-0.15, -0.1) is 0 Å². The highest BCUT2D eigenvalue weighted by molar-refractivity contribution is 6.25. The van der Waals surface area contributed by atoms with Crippen LogP contribution in [0.3, 0.4) is 0 Å². The number of fused-ring (bicyclic) bond motifs is 15. The maximum absolute atomic E-state index is 11.4. The van der Waals surface area contributed by atoms with Crippen molar-refractivity contribution in [3.05, 3.63) is 199 Å². The number of aromatic nitrogens is 3. The Kier molecular flexibility index (Phi) is 6.80.